The number of ketones is 1. The Kier molecular flexibility index (Phi) is 2.81. The van der Waals surface area contributed by atoms with Gasteiger partial charge >= 0.3 is 5.97 Å². The highest BCUT2D eigenvalue weighted by Gasteiger charge is 2.14. The van der Waals surface area contributed by atoms with E-state index in [0.717, 1.165) is 6.07 Å². The number of hydrogen-bond acceptors (Lipinski definition) is 4. The number of aliphatic carboxylic acids is 1. The van der Waals surface area contributed by atoms with E-state index in [2.05, 4.69) is 0 Å². The Balaban J connectivity index is 2.92. The molecule has 14 heavy (non-hydrogen) atoms. The third-order valence-electron chi connectivity index (χ3n) is 1.51. The van der Waals surface area contributed by atoms with Gasteiger partial charge in [0.05, 0.1) is 6.42 Å². The fourth-order valence-electron chi connectivity index (χ4n) is 0.987. The van der Waals surface area contributed by atoms with Crippen LogP contribution in [0, 0.1) is 6.92 Å². The van der Waals surface area contributed by atoms with Crippen molar-refractivity contribution in [2.75, 3.05) is 0 Å². The molecule has 0 atom stereocenters. The van der Waals surface area contributed by atoms with Gasteiger partial charge in [0, 0.05) is 12.1 Å². The van der Waals surface area contributed by atoms with Crippen LogP contribution in [0.4, 0.5) is 0 Å². The van der Waals surface area contributed by atoms with Gasteiger partial charge in [0.15, 0.2) is 5.43 Å². The molecule has 5 nitrogen and oxygen atoms in total. The number of hydrogen-bond donors (Lipinski definition) is 1. The van der Waals surface area contributed by atoms with E-state index in [4.69, 9.17) is 9.52 Å². The lowest BCUT2D eigenvalue weighted by Crippen LogP contribution is -2.16. The molecular weight excluding hydrogens is 188 g/mol. The summed E-state index contributed by atoms with van der Waals surface area (Å²) in [7, 11) is 0. The molecule has 0 spiro atoms. The van der Waals surface area contributed by atoms with Crippen LogP contribution in [0.15, 0.2) is 21.3 Å². The first-order valence-electron chi connectivity index (χ1n) is 3.86. The zero-order valence-corrected chi connectivity index (χ0v) is 7.44. The minimum absolute atomic E-state index is 0.0717. The molecule has 0 aliphatic rings. The second-order valence-corrected chi connectivity index (χ2v) is 2.78. The fraction of sp³-hybridized carbons (Fsp3) is 0.222. The minimum Gasteiger partial charge on any atom is -0.475 e. The van der Waals surface area contributed by atoms with Gasteiger partial charge in [0.2, 0.25) is 5.78 Å². The summed E-state index contributed by atoms with van der Waals surface area (Å²) < 4.78 is 4.99. The highest BCUT2D eigenvalue weighted by molar-refractivity contribution is 6.33. The van der Waals surface area contributed by atoms with Crippen molar-refractivity contribution in [3.63, 3.8) is 0 Å². The zero-order valence-electron chi connectivity index (χ0n) is 7.44. The molecule has 5 heteroatoms. The van der Waals surface area contributed by atoms with Crippen LogP contribution < -0.4 is 5.43 Å². The molecule has 0 radical (unpaired) electrons. The molecule has 74 valence electrons. The summed E-state index contributed by atoms with van der Waals surface area (Å²) in [6.07, 6.45) is -0.397. The number of carboxylic acids is 1. The van der Waals surface area contributed by atoms with Gasteiger partial charge in [-0.1, -0.05) is 0 Å². The van der Waals surface area contributed by atoms with Crippen molar-refractivity contribution in [1.82, 2.24) is 0 Å². The molecule has 0 fully saturated rings. The van der Waals surface area contributed by atoms with Gasteiger partial charge in [-0.15, -0.1) is 0 Å². The lowest BCUT2D eigenvalue weighted by Gasteiger charge is -1.97. The summed E-state index contributed by atoms with van der Waals surface area (Å²) in [5.74, 6) is -2.11. The first-order chi connectivity index (χ1) is 6.49. The Bertz CT molecular complexity index is 429. The lowest BCUT2D eigenvalue weighted by molar-refractivity contribution is -0.148. The quantitative estimate of drug-likeness (QED) is 0.695. The van der Waals surface area contributed by atoms with Gasteiger partial charge in [0.1, 0.15) is 11.5 Å². The third-order valence-corrected chi connectivity index (χ3v) is 1.51. The van der Waals surface area contributed by atoms with E-state index in [9.17, 15) is 14.4 Å². The van der Waals surface area contributed by atoms with Crippen molar-refractivity contribution in [1.29, 1.82) is 0 Å². The van der Waals surface area contributed by atoms with Crippen LogP contribution in [0.2, 0.25) is 0 Å². The maximum atomic E-state index is 10.9. The van der Waals surface area contributed by atoms with Crippen molar-refractivity contribution in [2.24, 2.45) is 0 Å². The molecule has 0 aliphatic heterocycles. The van der Waals surface area contributed by atoms with E-state index in [1.165, 1.54) is 6.07 Å². The monoisotopic (exact) mass is 196 g/mol. The largest absolute Gasteiger partial charge is 0.475 e. The van der Waals surface area contributed by atoms with Gasteiger partial charge in [-0.2, -0.15) is 0 Å². The van der Waals surface area contributed by atoms with Gasteiger partial charge in [-0.3, -0.25) is 9.59 Å². The molecular formula is C9H8O5. The molecule has 0 saturated heterocycles. The summed E-state index contributed by atoms with van der Waals surface area (Å²) >= 11 is 0. The van der Waals surface area contributed by atoms with Crippen molar-refractivity contribution in [3.8, 4) is 0 Å². The first-order valence-corrected chi connectivity index (χ1v) is 3.86. The number of rotatable bonds is 3. The Morgan fingerprint density at radius 1 is 1.43 bits per heavy atom. The average molecular weight is 196 g/mol. The standard InChI is InChI=1S/C9H8O5/c1-5-2-6(10)3-7(14-5)4-8(11)9(12)13/h2-3H,4H2,1H3,(H,12,13). The average Bonchev–Trinajstić information content (AvgIpc) is 2.01. The molecule has 1 N–H and O–H groups in total. The summed E-state index contributed by atoms with van der Waals surface area (Å²) in [5, 5.41) is 8.31. The van der Waals surface area contributed by atoms with E-state index in [0.29, 0.717) is 5.76 Å². The van der Waals surface area contributed by atoms with Gasteiger partial charge < -0.3 is 9.52 Å². The molecule has 1 heterocycles. The van der Waals surface area contributed by atoms with Crippen LogP contribution >= 0.6 is 0 Å². The molecule has 0 aliphatic carbocycles. The van der Waals surface area contributed by atoms with Gasteiger partial charge in [0.25, 0.3) is 0 Å². The first kappa shape index (κ1) is 10.2. The van der Waals surface area contributed by atoms with E-state index >= 15 is 0 Å². The van der Waals surface area contributed by atoms with Crippen molar-refractivity contribution < 1.29 is 19.1 Å². The highest BCUT2D eigenvalue weighted by Crippen LogP contribution is 2.01. The maximum absolute atomic E-state index is 10.9. The molecule has 0 saturated carbocycles. The Hall–Kier alpha value is -1.91. The van der Waals surface area contributed by atoms with Crippen molar-refractivity contribution in [3.05, 3.63) is 33.9 Å². The summed E-state index contributed by atoms with van der Waals surface area (Å²) in [6.45, 7) is 1.55. The topological polar surface area (TPSA) is 84.6 Å². The normalized spacial score (nSPS) is 9.79. The number of aryl methyl sites for hydroxylation is 1. The van der Waals surface area contributed by atoms with Crippen LogP contribution in [-0.2, 0) is 16.0 Å². The van der Waals surface area contributed by atoms with Crippen LogP contribution in [0.25, 0.3) is 0 Å². The zero-order chi connectivity index (χ0) is 10.7. The van der Waals surface area contributed by atoms with Gasteiger partial charge in [-0.25, -0.2) is 4.79 Å². The molecule has 1 aromatic rings. The predicted octanol–water partition coefficient (Wildman–Crippen LogP) is 0.144. The molecule has 1 aromatic heterocycles. The number of Topliss-reactive ketones (excluding diaryl/α,β-unsaturated/α-hetero) is 1. The summed E-state index contributed by atoms with van der Waals surface area (Å²) in [4.78, 5) is 31.9. The van der Waals surface area contributed by atoms with Crippen molar-refractivity contribution in [2.45, 2.75) is 13.3 Å². The molecule has 0 unspecified atom stereocenters. The molecule has 0 bridgehead atoms. The molecule has 0 aromatic carbocycles. The number of carbonyl (C=O) groups excluding carboxylic acids is 1. The minimum atomic E-state index is -1.53. The van der Waals surface area contributed by atoms with E-state index in [1.807, 2.05) is 0 Å². The third kappa shape index (κ3) is 2.55. The second-order valence-electron chi connectivity index (χ2n) is 2.78. The Labute approximate surface area is 79.0 Å². The smallest absolute Gasteiger partial charge is 0.372 e. The van der Waals surface area contributed by atoms with E-state index in [-0.39, 0.29) is 11.2 Å². The molecule has 0 amide bonds. The molecule has 1 rings (SSSR count). The SMILES string of the molecule is Cc1cc(=O)cc(CC(=O)C(=O)O)o1. The Morgan fingerprint density at radius 3 is 2.57 bits per heavy atom. The highest BCUT2D eigenvalue weighted by atomic mass is 16.4. The van der Waals surface area contributed by atoms with Crippen LogP contribution in [0.5, 0.6) is 0 Å². The lowest BCUT2D eigenvalue weighted by atomic mass is 10.2. The summed E-state index contributed by atoms with van der Waals surface area (Å²) in [5.41, 5.74) is -0.304. The van der Waals surface area contributed by atoms with Crippen LogP contribution in [0.1, 0.15) is 11.5 Å². The number of carboxylic acid groups (broad SMARTS) is 1. The van der Waals surface area contributed by atoms with E-state index < -0.39 is 18.2 Å². The predicted molar refractivity (Wildman–Crippen MR) is 46.1 cm³/mol. The van der Waals surface area contributed by atoms with E-state index in [1.54, 1.807) is 6.92 Å². The van der Waals surface area contributed by atoms with Gasteiger partial charge in [-0.05, 0) is 6.92 Å². The fourth-order valence-corrected chi connectivity index (χ4v) is 0.987. The Morgan fingerprint density at radius 2 is 2.07 bits per heavy atom. The summed E-state index contributed by atoms with van der Waals surface area (Å²) in [6, 6.07) is 2.36. The van der Waals surface area contributed by atoms with Crippen molar-refractivity contribution >= 4 is 11.8 Å². The maximum Gasteiger partial charge on any atom is 0.372 e. The van der Waals surface area contributed by atoms with Crippen LogP contribution in [-0.4, -0.2) is 16.9 Å². The number of carbonyl (C=O) groups is 2. The van der Waals surface area contributed by atoms with Crippen LogP contribution in [0.3, 0.4) is 0 Å². The second kappa shape index (κ2) is 3.87.